The largest absolute Gasteiger partial charge is 0.556 e. The summed E-state index contributed by atoms with van der Waals surface area (Å²) in [6.45, 7) is 1.09. The Kier molecular flexibility index (Phi) is 4.19. The second kappa shape index (κ2) is 4.94. The molecule has 0 bridgehead atoms. The topological polar surface area (TPSA) is 133 Å². The number of nitrogens with zero attached hydrogens (tertiary/aromatic N) is 2. The van der Waals surface area contributed by atoms with Crippen molar-refractivity contribution < 1.29 is 28.9 Å². The van der Waals surface area contributed by atoms with Gasteiger partial charge < -0.3 is 19.5 Å². The third-order valence-corrected chi connectivity index (χ3v) is 5.44. The van der Waals surface area contributed by atoms with E-state index in [1.807, 2.05) is 0 Å². The van der Waals surface area contributed by atoms with Crippen LogP contribution in [0.1, 0.15) is 12.6 Å². The van der Waals surface area contributed by atoms with Gasteiger partial charge in [0, 0.05) is 11.9 Å². The molecular weight excluding hydrogens is 270 g/mol. The van der Waals surface area contributed by atoms with Crippen LogP contribution in [-0.4, -0.2) is 34.4 Å². The maximum absolute atomic E-state index is 11.1. The highest BCUT2D eigenvalue weighted by molar-refractivity contribution is 7.66. The molecule has 0 saturated heterocycles. The second-order valence-electron chi connectivity index (χ2n) is 3.46. The van der Waals surface area contributed by atoms with E-state index in [0.29, 0.717) is 12.1 Å². The number of hydrogen-bond acceptors (Lipinski definition) is 4. The van der Waals surface area contributed by atoms with Crippen molar-refractivity contribution in [2.24, 2.45) is 0 Å². The molecule has 0 fully saturated rings. The molecular formula is C7H13N2O6P2+. The van der Waals surface area contributed by atoms with Gasteiger partial charge in [-0.1, -0.05) is 6.92 Å². The van der Waals surface area contributed by atoms with E-state index in [4.69, 9.17) is 14.7 Å². The van der Waals surface area contributed by atoms with Crippen LogP contribution in [0, 0.1) is 0 Å². The Balaban J connectivity index is 3.13. The van der Waals surface area contributed by atoms with E-state index in [9.17, 15) is 14.2 Å². The molecule has 0 amide bonds. The highest BCUT2D eigenvalue weighted by Gasteiger charge is 2.63. The Bertz CT molecular complexity index is 469. The molecule has 0 radical (unpaired) electrons. The molecule has 17 heavy (non-hydrogen) atoms. The number of aliphatic hydroxyl groups is 1. The highest BCUT2D eigenvalue weighted by Crippen LogP contribution is 2.60. The first-order valence-electron chi connectivity index (χ1n) is 4.65. The summed E-state index contributed by atoms with van der Waals surface area (Å²) in [7, 11) is -8.60. The molecule has 0 aliphatic rings. The molecule has 8 nitrogen and oxygen atoms in total. The Hall–Kier alpha value is -0.620. The lowest BCUT2D eigenvalue weighted by Crippen LogP contribution is -2.30. The van der Waals surface area contributed by atoms with Gasteiger partial charge in [-0.05, 0) is 11.0 Å². The van der Waals surface area contributed by atoms with Crippen molar-refractivity contribution in [3.63, 3.8) is 0 Å². The smallest absolute Gasteiger partial charge is 0.335 e. The van der Waals surface area contributed by atoms with Crippen LogP contribution < -0.4 is 0 Å². The predicted octanol–water partition coefficient (Wildman–Crippen LogP) is 0.00400. The van der Waals surface area contributed by atoms with Crippen LogP contribution in [0.4, 0.5) is 0 Å². The molecule has 2 atom stereocenters. The van der Waals surface area contributed by atoms with Crippen molar-refractivity contribution in [1.29, 1.82) is 0 Å². The monoisotopic (exact) mass is 283 g/mol. The molecule has 1 aromatic rings. The van der Waals surface area contributed by atoms with Crippen molar-refractivity contribution >= 4 is 15.6 Å². The summed E-state index contributed by atoms with van der Waals surface area (Å²) in [4.78, 5) is 30.5. The zero-order valence-electron chi connectivity index (χ0n) is 8.96. The summed E-state index contributed by atoms with van der Waals surface area (Å²) in [5.74, 6) is 0. The molecule has 96 valence electrons. The van der Waals surface area contributed by atoms with Crippen LogP contribution in [-0.2, 0) is 22.1 Å². The Labute approximate surface area is 98.0 Å². The third kappa shape index (κ3) is 2.80. The molecule has 1 heterocycles. The molecule has 0 spiro atoms. The quantitative estimate of drug-likeness (QED) is 0.559. The van der Waals surface area contributed by atoms with E-state index in [0.717, 1.165) is 0 Å². The molecule has 0 aromatic carbocycles. The van der Waals surface area contributed by atoms with E-state index >= 15 is 0 Å². The zero-order chi connectivity index (χ0) is 13.3. The first-order valence-corrected chi connectivity index (χ1v) is 7.48. The summed E-state index contributed by atoms with van der Waals surface area (Å²) < 4.78 is 23.3. The highest BCUT2D eigenvalue weighted by atomic mass is 31.2. The number of imidazole rings is 1. The van der Waals surface area contributed by atoms with E-state index in [-0.39, 0.29) is 0 Å². The van der Waals surface area contributed by atoms with E-state index in [1.165, 1.54) is 17.1 Å². The van der Waals surface area contributed by atoms with Crippen LogP contribution in [0.15, 0.2) is 12.5 Å². The predicted molar refractivity (Wildman–Crippen MR) is 58.4 cm³/mol. The van der Waals surface area contributed by atoms with Gasteiger partial charge >= 0.3 is 20.7 Å². The van der Waals surface area contributed by atoms with Crippen LogP contribution in [0.25, 0.3) is 0 Å². The van der Waals surface area contributed by atoms with Crippen LogP contribution in [0.3, 0.4) is 0 Å². The van der Waals surface area contributed by atoms with Gasteiger partial charge in [0.15, 0.2) is 0 Å². The maximum atomic E-state index is 11.1. The van der Waals surface area contributed by atoms with Crippen molar-refractivity contribution in [3.05, 3.63) is 18.2 Å². The Morgan fingerprint density at radius 1 is 1.59 bits per heavy atom. The van der Waals surface area contributed by atoms with Crippen molar-refractivity contribution in [2.75, 3.05) is 0 Å². The fourth-order valence-corrected chi connectivity index (χ4v) is 2.78. The summed E-state index contributed by atoms with van der Waals surface area (Å²) in [6, 6.07) is 0. The molecule has 1 rings (SSSR count). The third-order valence-electron chi connectivity index (χ3n) is 2.32. The van der Waals surface area contributed by atoms with Crippen LogP contribution >= 0.6 is 15.6 Å². The fourth-order valence-electron chi connectivity index (χ4n) is 1.28. The van der Waals surface area contributed by atoms with Crippen LogP contribution in [0.5, 0.6) is 0 Å². The number of aromatic nitrogens is 2. The zero-order valence-corrected chi connectivity index (χ0v) is 10.8. The number of aryl methyl sites for hydroxylation is 1. The minimum atomic E-state index is -5.14. The van der Waals surface area contributed by atoms with E-state index in [1.54, 1.807) is 6.92 Å². The summed E-state index contributed by atoms with van der Waals surface area (Å²) >= 11 is 0. The molecule has 0 saturated carbocycles. The average Bonchev–Trinajstić information content (AvgIpc) is 2.62. The lowest BCUT2D eigenvalue weighted by molar-refractivity contribution is 0.136. The molecule has 10 heteroatoms. The van der Waals surface area contributed by atoms with Gasteiger partial charge in [-0.15, -0.1) is 0 Å². The standard InChI is InChI=1S/C7H12N2O6P2/c1-2-6-3-8-5-9(6)4-7(10,16(11)12)17(13,14)15/h3,5,10H,2,4H2,1H3,(H2-,11,12,13,14,15)/p+1. The van der Waals surface area contributed by atoms with Gasteiger partial charge in [0.2, 0.25) is 0 Å². The molecule has 0 aliphatic carbocycles. The molecule has 0 aliphatic heterocycles. The molecule has 1 aromatic heterocycles. The first-order chi connectivity index (χ1) is 7.72. The summed E-state index contributed by atoms with van der Waals surface area (Å²) in [5, 5.41) is 6.68. The normalized spacial score (nSPS) is 16.6. The maximum Gasteiger partial charge on any atom is 0.556 e. The van der Waals surface area contributed by atoms with E-state index in [2.05, 4.69) is 4.98 Å². The number of hydrogen-bond donors (Lipinski definition) is 4. The minimum absolute atomic E-state index is 0.513. The van der Waals surface area contributed by atoms with Gasteiger partial charge in [0.05, 0.1) is 6.33 Å². The Morgan fingerprint density at radius 2 is 2.18 bits per heavy atom. The van der Waals surface area contributed by atoms with Crippen molar-refractivity contribution in [3.8, 4) is 0 Å². The van der Waals surface area contributed by atoms with E-state index < -0.39 is 27.3 Å². The second-order valence-corrected chi connectivity index (χ2v) is 6.92. The summed E-state index contributed by atoms with van der Waals surface area (Å²) in [6.07, 6.45) is 3.20. The Morgan fingerprint density at radius 3 is 2.59 bits per heavy atom. The lowest BCUT2D eigenvalue weighted by Gasteiger charge is -2.18. The van der Waals surface area contributed by atoms with Crippen LogP contribution in [0.2, 0.25) is 0 Å². The first kappa shape index (κ1) is 14.4. The SMILES string of the molecule is CCc1cncn1CC(O)([P+](=O)O)P(=O)(O)O. The number of rotatable bonds is 5. The van der Waals surface area contributed by atoms with Gasteiger partial charge in [0.25, 0.3) is 0 Å². The molecule has 2 unspecified atom stereocenters. The summed E-state index contributed by atoms with van der Waals surface area (Å²) in [5.41, 5.74) is 0.591. The van der Waals surface area contributed by atoms with Gasteiger partial charge in [0.1, 0.15) is 6.54 Å². The fraction of sp³-hybridized carbons (Fsp3) is 0.571. The van der Waals surface area contributed by atoms with Gasteiger partial charge in [-0.3, -0.25) is 4.57 Å². The average molecular weight is 283 g/mol. The van der Waals surface area contributed by atoms with Gasteiger partial charge in [-0.2, -0.15) is 4.89 Å². The van der Waals surface area contributed by atoms with Crippen molar-refractivity contribution in [2.45, 2.75) is 25.0 Å². The molecule has 4 N–H and O–H groups in total. The minimum Gasteiger partial charge on any atom is -0.335 e. The lowest BCUT2D eigenvalue weighted by atomic mass is 10.3. The van der Waals surface area contributed by atoms with Crippen molar-refractivity contribution in [1.82, 2.24) is 9.55 Å². The van der Waals surface area contributed by atoms with Gasteiger partial charge in [-0.25, -0.2) is 4.98 Å².